The molecule has 2 aromatic carbocycles. The van der Waals surface area contributed by atoms with Gasteiger partial charge in [0.15, 0.2) is 0 Å². The molecule has 0 bridgehead atoms. The monoisotopic (exact) mass is 271 g/mol. The van der Waals surface area contributed by atoms with Gasteiger partial charge in [0.05, 0.1) is 5.56 Å². The fourth-order valence-corrected chi connectivity index (χ4v) is 2.20. The lowest BCUT2D eigenvalue weighted by molar-refractivity contribution is 0.481. The summed E-state index contributed by atoms with van der Waals surface area (Å²) < 4.78 is 5.92. The van der Waals surface area contributed by atoms with Crippen molar-refractivity contribution in [3.8, 4) is 11.5 Å². The zero-order chi connectivity index (χ0) is 14.0. The first-order valence-corrected chi connectivity index (χ1v) is 6.53. The van der Waals surface area contributed by atoms with Crippen LogP contribution in [0.2, 0.25) is 0 Å². The van der Waals surface area contributed by atoms with E-state index in [9.17, 15) is 0 Å². The van der Waals surface area contributed by atoms with Crippen LogP contribution in [0.5, 0.6) is 11.5 Å². The van der Waals surface area contributed by atoms with Gasteiger partial charge in [-0.05, 0) is 56.2 Å². The highest BCUT2D eigenvalue weighted by atomic mass is 32.1. The summed E-state index contributed by atoms with van der Waals surface area (Å²) >= 11 is 5.07. The van der Waals surface area contributed by atoms with Crippen molar-refractivity contribution in [2.45, 2.75) is 20.8 Å². The molecule has 19 heavy (non-hydrogen) atoms. The maximum Gasteiger partial charge on any atom is 0.137 e. The topological polar surface area (TPSA) is 35.2 Å². The predicted molar refractivity (Wildman–Crippen MR) is 83.1 cm³/mol. The van der Waals surface area contributed by atoms with Crippen molar-refractivity contribution >= 4 is 17.2 Å². The van der Waals surface area contributed by atoms with E-state index in [0.717, 1.165) is 16.9 Å². The average molecular weight is 271 g/mol. The van der Waals surface area contributed by atoms with Gasteiger partial charge in [0, 0.05) is 0 Å². The summed E-state index contributed by atoms with van der Waals surface area (Å²) in [6.45, 7) is 6.09. The first kappa shape index (κ1) is 13.6. The highest BCUT2D eigenvalue weighted by Crippen LogP contribution is 2.27. The molecule has 0 aromatic heterocycles. The van der Waals surface area contributed by atoms with Crippen LogP contribution in [0.15, 0.2) is 36.4 Å². The summed E-state index contributed by atoms with van der Waals surface area (Å²) in [6.07, 6.45) is 0. The molecule has 2 aromatic rings. The summed E-state index contributed by atoms with van der Waals surface area (Å²) in [7, 11) is 0. The summed E-state index contributed by atoms with van der Waals surface area (Å²) in [4.78, 5) is 0.350. The second kappa shape index (κ2) is 5.41. The SMILES string of the molecule is Cc1cc(C)cc(Oc2ccc(C)cc2C(N)=S)c1. The molecule has 0 saturated carbocycles. The zero-order valence-corrected chi connectivity index (χ0v) is 12.2. The molecule has 2 rings (SSSR count). The maximum atomic E-state index is 5.92. The number of aryl methyl sites for hydroxylation is 3. The fourth-order valence-electron chi connectivity index (χ4n) is 2.04. The Labute approximate surface area is 119 Å². The van der Waals surface area contributed by atoms with Crippen molar-refractivity contribution in [3.63, 3.8) is 0 Å². The van der Waals surface area contributed by atoms with Crippen LogP contribution in [-0.4, -0.2) is 4.99 Å². The molecule has 2 N–H and O–H groups in total. The van der Waals surface area contributed by atoms with Crippen molar-refractivity contribution in [3.05, 3.63) is 58.7 Å². The fraction of sp³-hybridized carbons (Fsp3) is 0.188. The van der Waals surface area contributed by atoms with Crippen molar-refractivity contribution in [1.82, 2.24) is 0 Å². The minimum absolute atomic E-state index is 0.350. The Hall–Kier alpha value is -1.87. The van der Waals surface area contributed by atoms with E-state index in [4.69, 9.17) is 22.7 Å². The van der Waals surface area contributed by atoms with Crippen LogP contribution in [-0.2, 0) is 0 Å². The molecule has 0 atom stereocenters. The van der Waals surface area contributed by atoms with Gasteiger partial charge in [-0.3, -0.25) is 0 Å². The standard InChI is InChI=1S/C16H17NOS/c1-10-4-5-15(14(9-10)16(17)19)18-13-7-11(2)6-12(3)8-13/h4-9H,1-3H3,(H2,17,19). The molecule has 98 valence electrons. The summed E-state index contributed by atoms with van der Waals surface area (Å²) in [5.74, 6) is 1.50. The molecule has 0 radical (unpaired) electrons. The minimum Gasteiger partial charge on any atom is -0.457 e. The quantitative estimate of drug-likeness (QED) is 0.856. The lowest BCUT2D eigenvalue weighted by Gasteiger charge is -2.12. The highest BCUT2D eigenvalue weighted by Gasteiger charge is 2.08. The van der Waals surface area contributed by atoms with Gasteiger partial charge in [-0.1, -0.05) is 29.9 Å². The van der Waals surface area contributed by atoms with Crippen LogP contribution in [0.1, 0.15) is 22.3 Å². The first-order valence-electron chi connectivity index (χ1n) is 6.12. The normalized spacial score (nSPS) is 10.3. The van der Waals surface area contributed by atoms with E-state index in [0.29, 0.717) is 10.7 Å². The minimum atomic E-state index is 0.350. The first-order chi connectivity index (χ1) is 8.95. The molecule has 0 aliphatic heterocycles. The van der Waals surface area contributed by atoms with E-state index < -0.39 is 0 Å². The summed E-state index contributed by atoms with van der Waals surface area (Å²) in [5, 5.41) is 0. The molecule has 0 fully saturated rings. The van der Waals surface area contributed by atoms with Gasteiger partial charge in [-0.2, -0.15) is 0 Å². The molecular weight excluding hydrogens is 254 g/mol. The zero-order valence-electron chi connectivity index (χ0n) is 11.4. The lowest BCUT2D eigenvalue weighted by atomic mass is 10.1. The Bertz CT molecular complexity index is 614. The Morgan fingerprint density at radius 1 is 0.947 bits per heavy atom. The third-order valence-corrected chi connectivity index (χ3v) is 3.04. The third kappa shape index (κ3) is 3.32. The Balaban J connectivity index is 2.40. The Morgan fingerprint density at radius 3 is 2.16 bits per heavy atom. The molecule has 3 heteroatoms. The average Bonchev–Trinajstić information content (AvgIpc) is 2.30. The highest BCUT2D eigenvalue weighted by molar-refractivity contribution is 7.80. The molecule has 0 unspecified atom stereocenters. The van der Waals surface area contributed by atoms with Crippen LogP contribution >= 0.6 is 12.2 Å². The van der Waals surface area contributed by atoms with Crippen LogP contribution < -0.4 is 10.5 Å². The van der Waals surface area contributed by atoms with Crippen molar-refractivity contribution < 1.29 is 4.74 Å². The number of thiocarbonyl (C=S) groups is 1. The van der Waals surface area contributed by atoms with Crippen LogP contribution in [0.25, 0.3) is 0 Å². The van der Waals surface area contributed by atoms with E-state index >= 15 is 0 Å². The van der Waals surface area contributed by atoms with Crippen molar-refractivity contribution in [2.24, 2.45) is 5.73 Å². The van der Waals surface area contributed by atoms with Crippen molar-refractivity contribution in [1.29, 1.82) is 0 Å². The second-order valence-electron chi connectivity index (χ2n) is 4.79. The van der Waals surface area contributed by atoms with Gasteiger partial charge in [-0.25, -0.2) is 0 Å². The summed E-state index contributed by atoms with van der Waals surface area (Å²) in [6, 6.07) is 11.9. The second-order valence-corrected chi connectivity index (χ2v) is 5.23. The van der Waals surface area contributed by atoms with Crippen LogP contribution in [0.4, 0.5) is 0 Å². The molecule has 0 aliphatic carbocycles. The Morgan fingerprint density at radius 2 is 1.58 bits per heavy atom. The van der Waals surface area contributed by atoms with Gasteiger partial charge in [0.2, 0.25) is 0 Å². The molecule has 0 aliphatic rings. The van der Waals surface area contributed by atoms with E-state index in [1.807, 2.05) is 51.1 Å². The molecule has 0 spiro atoms. The number of hydrogen-bond donors (Lipinski definition) is 1. The van der Waals surface area contributed by atoms with Crippen LogP contribution in [0, 0.1) is 20.8 Å². The number of hydrogen-bond acceptors (Lipinski definition) is 2. The largest absolute Gasteiger partial charge is 0.457 e. The maximum absolute atomic E-state index is 5.92. The van der Waals surface area contributed by atoms with E-state index in [1.54, 1.807) is 0 Å². The molecular formula is C16H17NOS. The lowest BCUT2D eigenvalue weighted by Crippen LogP contribution is -2.11. The molecule has 2 nitrogen and oxygen atoms in total. The predicted octanol–water partition coefficient (Wildman–Crippen LogP) is 4.04. The molecule has 0 heterocycles. The van der Waals surface area contributed by atoms with E-state index in [-0.39, 0.29) is 0 Å². The Kier molecular flexibility index (Phi) is 3.86. The summed E-state index contributed by atoms with van der Waals surface area (Å²) in [5.41, 5.74) is 9.96. The number of nitrogens with two attached hydrogens (primary N) is 1. The number of rotatable bonds is 3. The number of benzene rings is 2. The van der Waals surface area contributed by atoms with E-state index in [2.05, 4.69) is 6.07 Å². The van der Waals surface area contributed by atoms with Gasteiger partial charge in [0.25, 0.3) is 0 Å². The van der Waals surface area contributed by atoms with Crippen molar-refractivity contribution in [2.75, 3.05) is 0 Å². The van der Waals surface area contributed by atoms with Crippen LogP contribution in [0.3, 0.4) is 0 Å². The van der Waals surface area contributed by atoms with Gasteiger partial charge in [-0.15, -0.1) is 0 Å². The van der Waals surface area contributed by atoms with Gasteiger partial charge >= 0.3 is 0 Å². The molecule has 0 saturated heterocycles. The number of ether oxygens (including phenoxy) is 1. The third-order valence-electron chi connectivity index (χ3n) is 2.82. The van der Waals surface area contributed by atoms with Gasteiger partial charge in [0.1, 0.15) is 16.5 Å². The molecule has 0 amide bonds. The van der Waals surface area contributed by atoms with Gasteiger partial charge < -0.3 is 10.5 Å². The van der Waals surface area contributed by atoms with E-state index in [1.165, 1.54) is 11.1 Å². The smallest absolute Gasteiger partial charge is 0.137 e.